The molecule has 2 aromatic heterocycles. The van der Waals surface area contributed by atoms with Gasteiger partial charge in [0.2, 0.25) is 11.7 Å². The zero-order chi connectivity index (χ0) is 21.3. The Bertz CT molecular complexity index is 828. The molecule has 0 bridgehead atoms. The molecule has 0 saturated heterocycles. The molecule has 1 atom stereocenters. The molecular formula is C22H29N3O5. The van der Waals surface area contributed by atoms with Crippen LogP contribution in [0.2, 0.25) is 0 Å². The van der Waals surface area contributed by atoms with Gasteiger partial charge in [-0.05, 0) is 31.4 Å². The first-order valence-corrected chi connectivity index (χ1v) is 10.8. The SMILES string of the molecule is CCOC(=O)c1ccc(-c2noc([C@H](CCCC3CCCCC3)CC(=O)O)n2)cn1. The highest BCUT2D eigenvalue weighted by molar-refractivity contribution is 5.87. The smallest absolute Gasteiger partial charge is 0.356 e. The molecule has 8 nitrogen and oxygen atoms in total. The number of aliphatic carboxylic acids is 1. The Labute approximate surface area is 176 Å². The Morgan fingerprint density at radius 3 is 2.73 bits per heavy atom. The normalized spacial score (nSPS) is 15.6. The van der Waals surface area contributed by atoms with Crippen molar-refractivity contribution in [1.82, 2.24) is 15.1 Å². The number of pyridine rings is 1. The molecule has 1 N–H and O–H groups in total. The lowest BCUT2D eigenvalue weighted by Gasteiger charge is -2.21. The highest BCUT2D eigenvalue weighted by Crippen LogP contribution is 2.31. The molecule has 0 unspecified atom stereocenters. The lowest BCUT2D eigenvalue weighted by Crippen LogP contribution is -2.10. The number of aromatic nitrogens is 3. The summed E-state index contributed by atoms with van der Waals surface area (Å²) in [5, 5.41) is 13.3. The van der Waals surface area contributed by atoms with Gasteiger partial charge in [-0.2, -0.15) is 4.98 Å². The average molecular weight is 415 g/mol. The molecular weight excluding hydrogens is 386 g/mol. The highest BCUT2D eigenvalue weighted by Gasteiger charge is 2.23. The van der Waals surface area contributed by atoms with Crippen LogP contribution < -0.4 is 0 Å². The van der Waals surface area contributed by atoms with Gasteiger partial charge < -0.3 is 14.4 Å². The van der Waals surface area contributed by atoms with Gasteiger partial charge in [-0.15, -0.1) is 0 Å². The Hall–Kier alpha value is -2.77. The monoisotopic (exact) mass is 415 g/mol. The lowest BCUT2D eigenvalue weighted by molar-refractivity contribution is -0.137. The summed E-state index contributed by atoms with van der Waals surface area (Å²) in [7, 11) is 0. The molecule has 0 radical (unpaired) electrons. The van der Waals surface area contributed by atoms with E-state index < -0.39 is 11.9 Å². The van der Waals surface area contributed by atoms with Gasteiger partial charge in [0.25, 0.3) is 0 Å². The Balaban J connectivity index is 1.63. The Morgan fingerprint density at radius 1 is 1.27 bits per heavy atom. The van der Waals surface area contributed by atoms with Crippen molar-refractivity contribution in [3.05, 3.63) is 29.9 Å². The summed E-state index contributed by atoms with van der Waals surface area (Å²) in [4.78, 5) is 31.5. The zero-order valence-corrected chi connectivity index (χ0v) is 17.4. The summed E-state index contributed by atoms with van der Waals surface area (Å²) >= 11 is 0. The summed E-state index contributed by atoms with van der Waals surface area (Å²) in [6.07, 6.45) is 10.7. The summed E-state index contributed by atoms with van der Waals surface area (Å²) in [5.41, 5.74) is 0.796. The third-order valence-corrected chi connectivity index (χ3v) is 5.61. The third-order valence-electron chi connectivity index (χ3n) is 5.61. The van der Waals surface area contributed by atoms with E-state index in [-0.39, 0.29) is 24.6 Å². The third kappa shape index (κ3) is 6.11. The minimum Gasteiger partial charge on any atom is -0.481 e. The largest absolute Gasteiger partial charge is 0.481 e. The zero-order valence-electron chi connectivity index (χ0n) is 17.4. The quantitative estimate of drug-likeness (QED) is 0.559. The van der Waals surface area contributed by atoms with E-state index in [1.807, 2.05) is 0 Å². The molecule has 1 aliphatic carbocycles. The van der Waals surface area contributed by atoms with Crippen molar-refractivity contribution in [3.8, 4) is 11.4 Å². The fourth-order valence-electron chi connectivity index (χ4n) is 4.02. The predicted octanol–water partition coefficient (Wildman–Crippen LogP) is 4.62. The summed E-state index contributed by atoms with van der Waals surface area (Å²) < 4.78 is 10.3. The fraction of sp³-hybridized carbons (Fsp3) is 0.591. The van der Waals surface area contributed by atoms with Gasteiger partial charge in [0.05, 0.1) is 13.0 Å². The molecule has 0 amide bonds. The number of carbonyl (C=O) groups is 2. The summed E-state index contributed by atoms with van der Waals surface area (Å²) in [5.74, 6) is -0.248. The van der Waals surface area contributed by atoms with E-state index in [9.17, 15) is 14.7 Å². The standard InChI is InChI=1S/C22H29N3O5/c1-2-29-22(28)18-12-11-17(14-23-18)20-24-21(30-25-20)16(13-19(26)27)10-6-9-15-7-4-3-5-8-15/h11-12,14-16H,2-10,13H2,1H3,(H,26,27)/t16-/m1/s1. The van der Waals surface area contributed by atoms with Gasteiger partial charge in [-0.1, -0.05) is 50.1 Å². The van der Waals surface area contributed by atoms with E-state index in [0.717, 1.165) is 18.8 Å². The van der Waals surface area contributed by atoms with E-state index in [0.29, 0.717) is 23.7 Å². The first kappa shape index (κ1) is 21.9. The fourth-order valence-corrected chi connectivity index (χ4v) is 4.02. The van der Waals surface area contributed by atoms with Crippen LogP contribution in [0.4, 0.5) is 0 Å². The molecule has 2 aromatic rings. The van der Waals surface area contributed by atoms with Crippen LogP contribution >= 0.6 is 0 Å². The van der Waals surface area contributed by atoms with Crippen LogP contribution in [0.5, 0.6) is 0 Å². The van der Waals surface area contributed by atoms with Crippen molar-refractivity contribution in [3.63, 3.8) is 0 Å². The van der Waals surface area contributed by atoms with Crippen LogP contribution in [-0.2, 0) is 9.53 Å². The number of carboxylic acid groups (broad SMARTS) is 1. The van der Waals surface area contributed by atoms with Gasteiger partial charge in [-0.25, -0.2) is 9.78 Å². The summed E-state index contributed by atoms with van der Waals surface area (Å²) in [6.45, 7) is 2.01. The molecule has 3 rings (SSSR count). The number of carbonyl (C=O) groups excluding carboxylic acids is 1. The van der Waals surface area contributed by atoms with Gasteiger partial charge >= 0.3 is 11.9 Å². The molecule has 162 valence electrons. The number of nitrogens with zero attached hydrogens (tertiary/aromatic N) is 3. The summed E-state index contributed by atoms with van der Waals surface area (Å²) in [6, 6.07) is 3.21. The average Bonchev–Trinajstić information content (AvgIpc) is 3.24. The maximum absolute atomic E-state index is 11.7. The molecule has 1 saturated carbocycles. The lowest BCUT2D eigenvalue weighted by atomic mass is 9.84. The molecule has 1 fully saturated rings. The molecule has 0 aromatic carbocycles. The van der Waals surface area contributed by atoms with Gasteiger partial charge in [0, 0.05) is 17.7 Å². The van der Waals surface area contributed by atoms with Crippen molar-refractivity contribution >= 4 is 11.9 Å². The molecule has 0 spiro atoms. The van der Waals surface area contributed by atoms with E-state index in [1.165, 1.54) is 38.3 Å². The topological polar surface area (TPSA) is 115 Å². The van der Waals surface area contributed by atoms with Crippen LogP contribution in [0.15, 0.2) is 22.9 Å². The van der Waals surface area contributed by atoms with Crippen LogP contribution in [0.25, 0.3) is 11.4 Å². The minimum atomic E-state index is -0.877. The number of rotatable bonds is 10. The van der Waals surface area contributed by atoms with Crippen molar-refractivity contribution in [2.45, 2.75) is 70.6 Å². The van der Waals surface area contributed by atoms with Crippen LogP contribution in [0.1, 0.15) is 87.0 Å². The molecule has 2 heterocycles. The van der Waals surface area contributed by atoms with Crippen LogP contribution in [-0.4, -0.2) is 38.8 Å². The number of hydrogen-bond donors (Lipinski definition) is 1. The van der Waals surface area contributed by atoms with Gasteiger partial charge in [0.1, 0.15) is 5.69 Å². The minimum absolute atomic E-state index is 0.0354. The second-order valence-corrected chi connectivity index (χ2v) is 7.84. The maximum Gasteiger partial charge on any atom is 0.356 e. The second kappa shape index (κ2) is 10.8. The number of carboxylic acids is 1. The first-order chi connectivity index (χ1) is 14.6. The van der Waals surface area contributed by atoms with Crippen molar-refractivity contribution < 1.29 is 24.0 Å². The van der Waals surface area contributed by atoms with Crippen LogP contribution in [0, 0.1) is 5.92 Å². The highest BCUT2D eigenvalue weighted by atomic mass is 16.5. The van der Waals surface area contributed by atoms with Crippen molar-refractivity contribution in [2.24, 2.45) is 5.92 Å². The van der Waals surface area contributed by atoms with E-state index >= 15 is 0 Å². The molecule has 30 heavy (non-hydrogen) atoms. The molecule has 0 aliphatic heterocycles. The number of ether oxygens (including phenoxy) is 1. The van der Waals surface area contributed by atoms with E-state index in [2.05, 4.69) is 15.1 Å². The van der Waals surface area contributed by atoms with Gasteiger partial charge in [-0.3, -0.25) is 4.79 Å². The van der Waals surface area contributed by atoms with E-state index in [1.54, 1.807) is 19.1 Å². The molecule has 1 aliphatic rings. The van der Waals surface area contributed by atoms with Crippen molar-refractivity contribution in [2.75, 3.05) is 6.61 Å². The van der Waals surface area contributed by atoms with Gasteiger partial charge in [0.15, 0.2) is 0 Å². The van der Waals surface area contributed by atoms with Crippen LogP contribution in [0.3, 0.4) is 0 Å². The van der Waals surface area contributed by atoms with Crippen molar-refractivity contribution in [1.29, 1.82) is 0 Å². The Kier molecular flexibility index (Phi) is 7.93. The first-order valence-electron chi connectivity index (χ1n) is 10.8. The Morgan fingerprint density at radius 2 is 2.07 bits per heavy atom. The predicted molar refractivity (Wildman–Crippen MR) is 109 cm³/mol. The second-order valence-electron chi connectivity index (χ2n) is 7.84. The molecule has 8 heteroatoms. The number of esters is 1. The van der Waals surface area contributed by atoms with E-state index in [4.69, 9.17) is 9.26 Å². The maximum atomic E-state index is 11.7. The number of hydrogen-bond acceptors (Lipinski definition) is 7.